The highest BCUT2D eigenvalue weighted by Gasteiger charge is 2.27. The Morgan fingerprint density at radius 2 is 1.84 bits per heavy atom. The normalized spacial score (nSPS) is 11.2. The maximum Gasteiger partial charge on any atom is 0.264 e. The molecule has 0 radical (unpaired) electrons. The predicted molar refractivity (Wildman–Crippen MR) is 129 cm³/mol. The number of rotatable bonds is 10. The summed E-state index contributed by atoms with van der Waals surface area (Å²) in [6, 6.07) is 12.2. The molecule has 1 aromatic heterocycles. The maximum absolute atomic E-state index is 13.4. The fourth-order valence-corrected chi connectivity index (χ4v) is 5.83. The topological polar surface area (TPSA) is 101 Å². The van der Waals surface area contributed by atoms with Crippen molar-refractivity contribution in [1.29, 1.82) is 0 Å². The number of amides is 1. The Bertz CT molecular complexity index is 1150. The Kier molecular flexibility index (Phi) is 8.35. The van der Waals surface area contributed by atoms with Gasteiger partial charge in [0.25, 0.3) is 10.0 Å². The molecule has 0 fully saturated rings. The fourth-order valence-electron chi connectivity index (χ4n) is 2.59. The largest absolute Gasteiger partial charge is 0.497 e. The first-order valence-corrected chi connectivity index (χ1v) is 13.1. The van der Waals surface area contributed by atoms with Crippen molar-refractivity contribution in [1.82, 2.24) is 10.2 Å². The van der Waals surface area contributed by atoms with Gasteiger partial charge in [0.2, 0.25) is 11.0 Å². The molecule has 8 nitrogen and oxygen atoms in total. The molecule has 0 unspecified atom stereocenters. The van der Waals surface area contributed by atoms with Gasteiger partial charge in [0.1, 0.15) is 12.3 Å². The third-order valence-corrected chi connectivity index (χ3v) is 8.35. The zero-order valence-corrected chi connectivity index (χ0v) is 20.5. The van der Waals surface area contributed by atoms with Gasteiger partial charge in [-0.3, -0.25) is 14.4 Å². The van der Waals surface area contributed by atoms with Crippen LogP contribution in [0.15, 0.2) is 57.8 Å². The number of nitrogens with zero attached hydrogens (tertiary/aromatic N) is 3. The number of aromatic nitrogens is 2. The van der Waals surface area contributed by atoms with Crippen molar-refractivity contribution in [3.63, 3.8) is 0 Å². The molecule has 0 saturated heterocycles. The van der Waals surface area contributed by atoms with Crippen LogP contribution in [0.1, 0.15) is 13.3 Å². The first-order valence-electron chi connectivity index (χ1n) is 9.52. The van der Waals surface area contributed by atoms with Crippen LogP contribution in [-0.4, -0.2) is 43.9 Å². The summed E-state index contributed by atoms with van der Waals surface area (Å²) in [4.78, 5) is 12.8. The molecule has 170 valence electrons. The lowest BCUT2D eigenvalue weighted by Crippen LogP contribution is -2.38. The summed E-state index contributed by atoms with van der Waals surface area (Å²) in [5.41, 5.74) is 0.303. The number of benzene rings is 2. The second-order valence-electron chi connectivity index (χ2n) is 6.43. The molecule has 1 amide bonds. The number of thioether (sulfide) groups is 1. The first kappa shape index (κ1) is 24.3. The molecule has 1 N–H and O–H groups in total. The van der Waals surface area contributed by atoms with E-state index in [4.69, 9.17) is 16.3 Å². The average Bonchev–Trinajstić information content (AvgIpc) is 3.23. The van der Waals surface area contributed by atoms with Crippen molar-refractivity contribution in [2.75, 3.05) is 29.0 Å². The lowest BCUT2D eigenvalue weighted by atomic mass is 10.3. The Hall–Kier alpha value is -2.34. The second kappa shape index (κ2) is 11.0. The van der Waals surface area contributed by atoms with Crippen LogP contribution in [0.4, 0.5) is 10.8 Å². The summed E-state index contributed by atoms with van der Waals surface area (Å²) in [5, 5.41) is 11.4. The van der Waals surface area contributed by atoms with Gasteiger partial charge < -0.3 is 4.74 Å². The van der Waals surface area contributed by atoms with E-state index in [9.17, 15) is 13.2 Å². The van der Waals surface area contributed by atoms with E-state index in [-0.39, 0.29) is 4.90 Å². The van der Waals surface area contributed by atoms with E-state index in [1.807, 2.05) is 0 Å². The zero-order valence-electron chi connectivity index (χ0n) is 17.3. The van der Waals surface area contributed by atoms with Crippen LogP contribution < -0.4 is 14.4 Å². The Morgan fingerprint density at radius 3 is 2.47 bits per heavy atom. The van der Waals surface area contributed by atoms with Crippen LogP contribution in [-0.2, 0) is 14.8 Å². The molecule has 12 heteroatoms. The number of methoxy groups -OCH3 is 1. The van der Waals surface area contributed by atoms with E-state index in [1.54, 1.807) is 48.2 Å². The van der Waals surface area contributed by atoms with Crippen molar-refractivity contribution in [3.8, 4) is 5.75 Å². The number of carbonyl (C=O) groups is 1. The summed E-state index contributed by atoms with van der Waals surface area (Å²) in [6.45, 7) is 1.61. The molecular weight excluding hydrogens is 492 g/mol. The zero-order chi connectivity index (χ0) is 23.1. The summed E-state index contributed by atoms with van der Waals surface area (Å²) in [6.07, 6.45) is 0.991. The molecule has 1 heterocycles. The Morgan fingerprint density at radius 1 is 1.16 bits per heavy atom. The highest BCUT2D eigenvalue weighted by molar-refractivity contribution is 8.01. The Labute approximate surface area is 200 Å². The third kappa shape index (κ3) is 6.12. The number of halogens is 1. The van der Waals surface area contributed by atoms with E-state index in [0.717, 1.165) is 20.8 Å². The molecular formula is C20H21ClN4O4S3. The molecule has 3 aromatic rings. The minimum Gasteiger partial charge on any atom is -0.497 e. The number of nitrogens with one attached hydrogen (secondary N) is 1. The van der Waals surface area contributed by atoms with Gasteiger partial charge in [-0.05, 0) is 55.0 Å². The van der Waals surface area contributed by atoms with Gasteiger partial charge in [0, 0.05) is 10.8 Å². The summed E-state index contributed by atoms with van der Waals surface area (Å²) < 4.78 is 33.6. The fraction of sp³-hybridized carbons (Fsp3) is 0.250. The molecule has 0 spiro atoms. The van der Waals surface area contributed by atoms with Gasteiger partial charge in [-0.2, -0.15) is 0 Å². The molecule has 2 aromatic carbocycles. The van der Waals surface area contributed by atoms with Gasteiger partial charge in [-0.25, -0.2) is 8.42 Å². The van der Waals surface area contributed by atoms with E-state index in [2.05, 4.69) is 22.4 Å². The molecule has 32 heavy (non-hydrogen) atoms. The quantitative estimate of drug-likeness (QED) is 0.314. The number of anilines is 2. The molecule has 0 atom stereocenters. The molecule has 0 aliphatic rings. The highest BCUT2D eigenvalue weighted by Crippen LogP contribution is 2.28. The van der Waals surface area contributed by atoms with E-state index < -0.39 is 22.5 Å². The molecule has 0 aliphatic heterocycles. The summed E-state index contributed by atoms with van der Waals surface area (Å²) in [7, 11) is -2.56. The lowest BCUT2D eigenvalue weighted by molar-refractivity contribution is -0.114. The first-order chi connectivity index (χ1) is 15.3. The minimum atomic E-state index is -4.05. The molecule has 0 aliphatic carbocycles. The van der Waals surface area contributed by atoms with Crippen LogP contribution in [0.25, 0.3) is 0 Å². The SMILES string of the molecule is CCCSc1nnc(NC(=O)CN(c2ccc(Cl)cc2)S(=O)(=O)c2ccc(OC)cc2)s1. The standard InChI is InChI=1S/C20H21ClN4O4S3/c1-3-12-30-20-24-23-19(31-20)22-18(26)13-25(15-6-4-14(21)5-7-15)32(27,28)17-10-8-16(29-2)9-11-17/h4-11H,3,12-13H2,1-2H3,(H,22,23,26). The van der Waals surface area contributed by atoms with Crippen LogP contribution >= 0.6 is 34.7 Å². The third-order valence-electron chi connectivity index (χ3n) is 4.13. The van der Waals surface area contributed by atoms with Crippen LogP contribution in [0, 0.1) is 0 Å². The van der Waals surface area contributed by atoms with Crippen molar-refractivity contribution in [3.05, 3.63) is 53.6 Å². The molecule has 3 rings (SSSR count). The maximum atomic E-state index is 13.4. The van der Waals surface area contributed by atoms with Gasteiger partial charge in [0.05, 0.1) is 17.7 Å². The number of sulfonamides is 1. The van der Waals surface area contributed by atoms with Gasteiger partial charge >= 0.3 is 0 Å². The number of carbonyl (C=O) groups excluding carboxylic acids is 1. The summed E-state index contributed by atoms with van der Waals surface area (Å²) in [5.74, 6) is 0.875. The summed E-state index contributed by atoms with van der Waals surface area (Å²) >= 11 is 8.75. The monoisotopic (exact) mass is 512 g/mol. The van der Waals surface area contributed by atoms with Crippen molar-refractivity contribution >= 4 is 61.4 Å². The van der Waals surface area contributed by atoms with E-state index in [0.29, 0.717) is 21.6 Å². The van der Waals surface area contributed by atoms with Crippen LogP contribution in [0.3, 0.4) is 0 Å². The van der Waals surface area contributed by atoms with E-state index >= 15 is 0 Å². The average molecular weight is 513 g/mol. The number of hydrogen-bond acceptors (Lipinski definition) is 8. The number of ether oxygens (including phenoxy) is 1. The molecule has 0 bridgehead atoms. The Balaban J connectivity index is 1.85. The second-order valence-corrected chi connectivity index (χ2v) is 11.1. The molecule has 0 saturated carbocycles. The van der Waals surface area contributed by atoms with Crippen molar-refractivity contribution in [2.24, 2.45) is 0 Å². The van der Waals surface area contributed by atoms with Crippen molar-refractivity contribution in [2.45, 2.75) is 22.6 Å². The van der Waals surface area contributed by atoms with Crippen molar-refractivity contribution < 1.29 is 17.9 Å². The lowest BCUT2D eigenvalue weighted by Gasteiger charge is -2.24. The number of hydrogen-bond donors (Lipinski definition) is 1. The highest BCUT2D eigenvalue weighted by atomic mass is 35.5. The van der Waals surface area contributed by atoms with Crippen LogP contribution in [0.2, 0.25) is 5.02 Å². The van der Waals surface area contributed by atoms with Crippen LogP contribution in [0.5, 0.6) is 5.75 Å². The smallest absolute Gasteiger partial charge is 0.264 e. The van der Waals surface area contributed by atoms with E-state index in [1.165, 1.54) is 30.6 Å². The predicted octanol–water partition coefficient (Wildman–Crippen LogP) is 4.54. The van der Waals surface area contributed by atoms with Gasteiger partial charge in [0.15, 0.2) is 4.34 Å². The van der Waals surface area contributed by atoms with Gasteiger partial charge in [-0.15, -0.1) is 10.2 Å². The minimum absolute atomic E-state index is 0.0233. The van der Waals surface area contributed by atoms with Gasteiger partial charge in [-0.1, -0.05) is 41.6 Å².